The Morgan fingerprint density at radius 2 is 1.75 bits per heavy atom. The van der Waals surface area contributed by atoms with Crippen molar-refractivity contribution < 1.29 is 4.84 Å². The molecular formula is C21H28N2O. The second-order valence-corrected chi connectivity index (χ2v) is 7.11. The van der Waals surface area contributed by atoms with E-state index in [-0.39, 0.29) is 0 Å². The van der Waals surface area contributed by atoms with Crippen LogP contribution in [0.1, 0.15) is 45.2 Å². The molecule has 0 radical (unpaired) electrons. The number of hydrogen-bond donors (Lipinski definition) is 0. The summed E-state index contributed by atoms with van der Waals surface area (Å²) in [5, 5.41) is 7.11. The molecule has 3 rings (SSSR count). The summed E-state index contributed by atoms with van der Waals surface area (Å²) >= 11 is 0. The van der Waals surface area contributed by atoms with Gasteiger partial charge >= 0.3 is 0 Å². The molecule has 128 valence electrons. The molecule has 0 fully saturated rings. The maximum atomic E-state index is 5.66. The largest absolute Gasteiger partial charge is 0.394 e. The van der Waals surface area contributed by atoms with Crippen LogP contribution in [0.15, 0.2) is 41.6 Å². The number of aryl methyl sites for hydroxylation is 1. The van der Waals surface area contributed by atoms with Crippen LogP contribution in [0, 0.1) is 0 Å². The molecule has 24 heavy (non-hydrogen) atoms. The molecule has 0 aliphatic heterocycles. The topological polar surface area (TPSA) is 24.8 Å². The van der Waals surface area contributed by atoms with Crippen molar-refractivity contribution in [1.82, 2.24) is 4.90 Å². The minimum Gasteiger partial charge on any atom is -0.394 e. The average molecular weight is 324 g/mol. The first-order valence-electron chi connectivity index (χ1n) is 9.03. The fraction of sp³-hybridized carbons (Fsp3) is 0.476. The molecule has 3 nitrogen and oxygen atoms in total. The number of fused-ring (bicyclic) bond motifs is 3. The fourth-order valence-electron chi connectivity index (χ4n) is 3.73. The van der Waals surface area contributed by atoms with Crippen LogP contribution in [0.3, 0.4) is 0 Å². The Balaban J connectivity index is 1.68. The lowest BCUT2D eigenvalue weighted by molar-refractivity contribution is 0.0827. The number of oxime groups is 1. The highest BCUT2D eigenvalue weighted by Gasteiger charge is 2.20. The summed E-state index contributed by atoms with van der Waals surface area (Å²) < 4.78 is 0. The first-order valence-corrected chi connectivity index (χ1v) is 9.03. The summed E-state index contributed by atoms with van der Waals surface area (Å²) in [5.74, 6) is 0. The van der Waals surface area contributed by atoms with Crippen molar-refractivity contribution in [3.63, 3.8) is 0 Å². The molecule has 2 aromatic rings. The molecule has 0 spiro atoms. The molecule has 0 amide bonds. The quantitative estimate of drug-likeness (QED) is 0.572. The van der Waals surface area contributed by atoms with E-state index in [2.05, 4.69) is 74.1 Å². The normalized spacial score (nSPS) is 15.9. The number of rotatable bonds is 6. The van der Waals surface area contributed by atoms with Gasteiger partial charge in [-0.3, -0.25) is 4.90 Å². The predicted octanol–water partition coefficient (Wildman–Crippen LogP) is 4.63. The molecular weight excluding hydrogens is 296 g/mol. The Morgan fingerprint density at radius 1 is 1.00 bits per heavy atom. The van der Waals surface area contributed by atoms with Crippen molar-refractivity contribution in [3.05, 3.63) is 47.5 Å². The zero-order chi connectivity index (χ0) is 17.1. The van der Waals surface area contributed by atoms with Gasteiger partial charge in [0.05, 0.1) is 5.71 Å². The summed E-state index contributed by atoms with van der Waals surface area (Å²) in [6.45, 7) is 10.5. The van der Waals surface area contributed by atoms with Gasteiger partial charge in [0.2, 0.25) is 0 Å². The molecule has 3 heteroatoms. The van der Waals surface area contributed by atoms with Gasteiger partial charge in [-0.05, 0) is 56.9 Å². The van der Waals surface area contributed by atoms with Crippen LogP contribution in [0.4, 0.5) is 0 Å². The van der Waals surface area contributed by atoms with Crippen molar-refractivity contribution in [3.8, 4) is 0 Å². The Hall–Kier alpha value is -1.87. The Morgan fingerprint density at radius 3 is 2.50 bits per heavy atom. The maximum Gasteiger partial charge on any atom is 0.129 e. The van der Waals surface area contributed by atoms with Crippen LogP contribution in [-0.2, 0) is 11.3 Å². The van der Waals surface area contributed by atoms with Crippen LogP contribution < -0.4 is 0 Å². The van der Waals surface area contributed by atoms with Crippen molar-refractivity contribution in [1.29, 1.82) is 0 Å². The van der Waals surface area contributed by atoms with Gasteiger partial charge < -0.3 is 4.84 Å². The molecule has 0 atom stereocenters. The molecule has 0 heterocycles. The van der Waals surface area contributed by atoms with E-state index >= 15 is 0 Å². The molecule has 0 unspecified atom stereocenters. The van der Waals surface area contributed by atoms with Crippen LogP contribution in [0.2, 0.25) is 0 Å². The number of benzene rings is 2. The van der Waals surface area contributed by atoms with Crippen molar-refractivity contribution >= 4 is 16.5 Å². The van der Waals surface area contributed by atoms with E-state index in [0.29, 0.717) is 18.7 Å². The van der Waals surface area contributed by atoms with Crippen molar-refractivity contribution in [2.24, 2.45) is 5.16 Å². The highest BCUT2D eigenvalue weighted by atomic mass is 16.6. The summed E-state index contributed by atoms with van der Waals surface area (Å²) in [4.78, 5) is 8.09. The van der Waals surface area contributed by atoms with Crippen LogP contribution in [0.5, 0.6) is 0 Å². The lowest BCUT2D eigenvalue weighted by atomic mass is 10.0. The molecule has 0 saturated heterocycles. The molecule has 2 aromatic carbocycles. The van der Waals surface area contributed by atoms with Crippen LogP contribution in [0.25, 0.3) is 10.8 Å². The number of nitrogens with zero attached hydrogens (tertiary/aromatic N) is 2. The fourth-order valence-corrected chi connectivity index (χ4v) is 3.73. The summed E-state index contributed by atoms with van der Waals surface area (Å²) in [5.41, 5.74) is 3.77. The van der Waals surface area contributed by atoms with Gasteiger partial charge in [-0.15, -0.1) is 0 Å². The zero-order valence-corrected chi connectivity index (χ0v) is 15.2. The van der Waals surface area contributed by atoms with E-state index in [4.69, 9.17) is 4.84 Å². The molecule has 0 bridgehead atoms. The average Bonchev–Trinajstić information content (AvgIpc) is 2.97. The molecule has 0 aromatic heterocycles. The third-order valence-corrected chi connectivity index (χ3v) is 4.91. The molecule has 1 aliphatic rings. The first-order chi connectivity index (χ1) is 11.6. The Kier molecular flexibility index (Phi) is 5.20. The van der Waals surface area contributed by atoms with Gasteiger partial charge in [0.1, 0.15) is 6.61 Å². The Labute approximate surface area is 145 Å². The van der Waals surface area contributed by atoms with Crippen molar-refractivity contribution in [2.75, 3.05) is 13.2 Å². The minimum atomic E-state index is 0.528. The third kappa shape index (κ3) is 3.46. The van der Waals surface area contributed by atoms with E-state index in [0.717, 1.165) is 25.1 Å². The van der Waals surface area contributed by atoms with E-state index < -0.39 is 0 Å². The summed E-state index contributed by atoms with van der Waals surface area (Å²) in [7, 11) is 0. The van der Waals surface area contributed by atoms with Crippen molar-refractivity contribution in [2.45, 2.75) is 52.6 Å². The van der Waals surface area contributed by atoms with Crippen LogP contribution in [-0.4, -0.2) is 35.8 Å². The van der Waals surface area contributed by atoms with Gasteiger partial charge in [0, 0.05) is 24.2 Å². The second kappa shape index (κ2) is 7.35. The second-order valence-electron chi connectivity index (χ2n) is 7.11. The van der Waals surface area contributed by atoms with Gasteiger partial charge in [-0.1, -0.05) is 41.6 Å². The summed E-state index contributed by atoms with van der Waals surface area (Å²) in [6.07, 6.45) is 2.03. The van der Waals surface area contributed by atoms with Gasteiger partial charge in [-0.25, -0.2) is 0 Å². The molecule has 0 N–H and O–H groups in total. The maximum absolute atomic E-state index is 5.66. The monoisotopic (exact) mass is 324 g/mol. The van der Waals surface area contributed by atoms with Crippen LogP contribution >= 0.6 is 0 Å². The SMILES string of the molecule is CC(C)N(CCO/N=C1/CCc2c1ccc1ccccc21)C(C)C. The lowest BCUT2D eigenvalue weighted by Gasteiger charge is -2.29. The smallest absolute Gasteiger partial charge is 0.129 e. The summed E-state index contributed by atoms with van der Waals surface area (Å²) in [6, 6.07) is 14.0. The molecule has 0 saturated carbocycles. The molecule has 1 aliphatic carbocycles. The minimum absolute atomic E-state index is 0.528. The van der Waals surface area contributed by atoms with E-state index in [9.17, 15) is 0 Å². The van der Waals surface area contributed by atoms with E-state index in [1.54, 1.807) is 0 Å². The predicted molar refractivity (Wildman–Crippen MR) is 102 cm³/mol. The first kappa shape index (κ1) is 17.0. The third-order valence-electron chi connectivity index (χ3n) is 4.91. The zero-order valence-electron chi connectivity index (χ0n) is 15.2. The standard InChI is InChI=1S/C21H28N2O/c1-15(2)23(16(3)4)13-14-24-22-21-12-11-19-18-8-6-5-7-17(18)9-10-20(19)21/h5-10,15-16H,11-14H2,1-4H3/b22-21-. The van der Waals surface area contributed by atoms with E-state index in [1.807, 2.05) is 0 Å². The Bertz CT molecular complexity index is 726. The highest BCUT2D eigenvalue weighted by Crippen LogP contribution is 2.30. The van der Waals surface area contributed by atoms with Gasteiger partial charge in [-0.2, -0.15) is 0 Å². The number of hydrogen-bond acceptors (Lipinski definition) is 3. The lowest BCUT2D eigenvalue weighted by Crippen LogP contribution is -2.39. The van der Waals surface area contributed by atoms with Gasteiger partial charge in [0.25, 0.3) is 0 Å². The highest BCUT2D eigenvalue weighted by molar-refractivity contribution is 6.08. The van der Waals surface area contributed by atoms with Gasteiger partial charge in [0.15, 0.2) is 0 Å². The van der Waals surface area contributed by atoms with E-state index in [1.165, 1.54) is 21.9 Å².